The van der Waals surface area contributed by atoms with E-state index in [2.05, 4.69) is 12.1 Å². The molecule has 21 heavy (non-hydrogen) atoms. The molecular formula is C18H10N2O. The van der Waals surface area contributed by atoms with Crippen molar-refractivity contribution in [3.63, 3.8) is 0 Å². The minimum absolute atomic E-state index is 0.590. The van der Waals surface area contributed by atoms with Crippen LogP contribution in [0, 0.1) is 22.7 Å². The molecule has 0 amide bonds. The topological polar surface area (TPSA) is 56.8 Å². The molecule has 0 N–H and O–H groups in total. The van der Waals surface area contributed by atoms with Crippen LogP contribution in [0.5, 0.6) is 11.5 Å². The molecule has 0 aliphatic heterocycles. The van der Waals surface area contributed by atoms with Crippen LogP contribution in [-0.4, -0.2) is 0 Å². The summed E-state index contributed by atoms with van der Waals surface area (Å²) in [5.74, 6) is 1.35. The molecule has 0 saturated carbocycles. The SMILES string of the molecule is N#Cc1ccc(Oc2ccc(C#N)c3ccccc23)cc1. The molecule has 0 aliphatic carbocycles. The van der Waals surface area contributed by atoms with E-state index < -0.39 is 0 Å². The van der Waals surface area contributed by atoms with Gasteiger partial charge in [0.25, 0.3) is 0 Å². The molecule has 0 radical (unpaired) electrons. The second-order valence-electron chi connectivity index (χ2n) is 4.51. The quantitative estimate of drug-likeness (QED) is 0.694. The van der Waals surface area contributed by atoms with Gasteiger partial charge >= 0.3 is 0 Å². The summed E-state index contributed by atoms with van der Waals surface area (Å²) in [6.07, 6.45) is 0. The van der Waals surface area contributed by atoms with Crippen molar-refractivity contribution in [1.29, 1.82) is 10.5 Å². The number of benzene rings is 3. The average Bonchev–Trinajstić information content (AvgIpc) is 2.56. The largest absolute Gasteiger partial charge is 0.457 e. The van der Waals surface area contributed by atoms with Gasteiger partial charge in [-0.15, -0.1) is 0 Å². The molecule has 0 fully saturated rings. The van der Waals surface area contributed by atoms with E-state index in [0.29, 0.717) is 22.6 Å². The molecular weight excluding hydrogens is 260 g/mol. The van der Waals surface area contributed by atoms with E-state index in [1.54, 1.807) is 36.4 Å². The Balaban J connectivity index is 2.05. The van der Waals surface area contributed by atoms with Gasteiger partial charge in [0.15, 0.2) is 0 Å². The molecule has 3 nitrogen and oxygen atoms in total. The maximum Gasteiger partial charge on any atom is 0.135 e. The van der Waals surface area contributed by atoms with Crippen LogP contribution in [0.4, 0.5) is 0 Å². The molecule has 0 aliphatic rings. The summed E-state index contributed by atoms with van der Waals surface area (Å²) < 4.78 is 5.87. The van der Waals surface area contributed by atoms with Crippen molar-refractivity contribution in [2.24, 2.45) is 0 Å². The Kier molecular flexibility index (Phi) is 3.25. The highest BCUT2D eigenvalue weighted by Crippen LogP contribution is 2.31. The Morgan fingerprint density at radius 2 is 1.43 bits per heavy atom. The van der Waals surface area contributed by atoms with Crippen molar-refractivity contribution in [1.82, 2.24) is 0 Å². The molecule has 0 spiro atoms. The van der Waals surface area contributed by atoms with Crippen LogP contribution in [-0.2, 0) is 0 Å². The molecule has 0 saturated heterocycles. The Bertz CT molecular complexity index is 884. The van der Waals surface area contributed by atoms with Crippen LogP contribution in [0.25, 0.3) is 10.8 Å². The second-order valence-corrected chi connectivity index (χ2v) is 4.51. The lowest BCUT2D eigenvalue weighted by Crippen LogP contribution is -1.88. The highest BCUT2D eigenvalue weighted by Gasteiger charge is 2.07. The van der Waals surface area contributed by atoms with E-state index in [1.165, 1.54) is 0 Å². The number of fused-ring (bicyclic) bond motifs is 1. The minimum Gasteiger partial charge on any atom is -0.457 e. The number of hydrogen-bond acceptors (Lipinski definition) is 3. The van der Waals surface area contributed by atoms with Crippen molar-refractivity contribution in [2.45, 2.75) is 0 Å². The van der Waals surface area contributed by atoms with Crippen LogP contribution in [0.2, 0.25) is 0 Å². The Morgan fingerprint density at radius 3 is 2.10 bits per heavy atom. The van der Waals surface area contributed by atoms with E-state index in [9.17, 15) is 0 Å². The van der Waals surface area contributed by atoms with Gasteiger partial charge in [0.2, 0.25) is 0 Å². The Labute approximate surface area is 122 Å². The van der Waals surface area contributed by atoms with E-state index in [-0.39, 0.29) is 0 Å². The third-order valence-corrected chi connectivity index (χ3v) is 3.22. The van der Waals surface area contributed by atoms with Gasteiger partial charge in [-0.3, -0.25) is 0 Å². The van der Waals surface area contributed by atoms with Crippen molar-refractivity contribution >= 4 is 10.8 Å². The predicted octanol–water partition coefficient (Wildman–Crippen LogP) is 4.38. The summed E-state index contributed by atoms with van der Waals surface area (Å²) in [6.45, 7) is 0. The number of rotatable bonds is 2. The van der Waals surface area contributed by atoms with Crippen LogP contribution in [0.1, 0.15) is 11.1 Å². The fourth-order valence-electron chi connectivity index (χ4n) is 2.18. The highest BCUT2D eigenvalue weighted by atomic mass is 16.5. The Hall–Kier alpha value is -3.30. The van der Waals surface area contributed by atoms with E-state index in [1.807, 2.05) is 24.3 Å². The monoisotopic (exact) mass is 270 g/mol. The van der Waals surface area contributed by atoms with E-state index in [0.717, 1.165) is 10.8 Å². The first kappa shape index (κ1) is 12.7. The van der Waals surface area contributed by atoms with Crippen LogP contribution >= 0.6 is 0 Å². The summed E-state index contributed by atoms with van der Waals surface area (Å²) in [6, 6.07) is 22.4. The molecule has 3 rings (SSSR count). The summed E-state index contributed by atoms with van der Waals surface area (Å²) in [5.41, 5.74) is 1.21. The zero-order valence-electron chi connectivity index (χ0n) is 11.1. The molecule has 0 heterocycles. The second kappa shape index (κ2) is 5.36. The first-order valence-corrected chi connectivity index (χ1v) is 6.41. The predicted molar refractivity (Wildman–Crippen MR) is 79.9 cm³/mol. The minimum atomic E-state index is 0.590. The summed E-state index contributed by atoms with van der Waals surface area (Å²) >= 11 is 0. The van der Waals surface area contributed by atoms with Gasteiger partial charge in [0.1, 0.15) is 11.5 Å². The number of nitrogens with zero attached hydrogens (tertiary/aromatic N) is 2. The average molecular weight is 270 g/mol. The fraction of sp³-hybridized carbons (Fsp3) is 0. The van der Waals surface area contributed by atoms with Gasteiger partial charge in [0.05, 0.1) is 23.3 Å². The van der Waals surface area contributed by atoms with Crippen molar-refractivity contribution in [3.05, 3.63) is 71.8 Å². The lowest BCUT2D eigenvalue weighted by Gasteiger charge is -2.10. The molecule has 0 unspecified atom stereocenters. The third kappa shape index (κ3) is 2.41. The zero-order chi connectivity index (χ0) is 14.7. The summed E-state index contributed by atoms with van der Waals surface area (Å²) in [4.78, 5) is 0. The smallest absolute Gasteiger partial charge is 0.135 e. The molecule has 0 bridgehead atoms. The molecule has 3 aromatic rings. The normalized spacial score (nSPS) is 9.81. The molecule has 98 valence electrons. The van der Waals surface area contributed by atoms with Crippen LogP contribution in [0.15, 0.2) is 60.7 Å². The number of ether oxygens (including phenoxy) is 1. The summed E-state index contributed by atoms with van der Waals surface area (Å²) in [7, 11) is 0. The van der Waals surface area contributed by atoms with Crippen LogP contribution < -0.4 is 4.74 Å². The van der Waals surface area contributed by atoms with Gasteiger partial charge in [0, 0.05) is 10.8 Å². The molecule has 0 atom stereocenters. The van der Waals surface area contributed by atoms with Gasteiger partial charge in [-0.25, -0.2) is 0 Å². The first-order valence-electron chi connectivity index (χ1n) is 6.41. The molecule has 0 aromatic heterocycles. The number of nitriles is 2. The van der Waals surface area contributed by atoms with Crippen LogP contribution in [0.3, 0.4) is 0 Å². The highest BCUT2D eigenvalue weighted by molar-refractivity contribution is 5.92. The number of hydrogen-bond donors (Lipinski definition) is 0. The van der Waals surface area contributed by atoms with Gasteiger partial charge in [-0.05, 0) is 36.4 Å². The van der Waals surface area contributed by atoms with E-state index in [4.69, 9.17) is 15.3 Å². The Morgan fingerprint density at radius 1 is 0.714 bits per heavy atom. The standard InChI is InChI=1S/C18H10N2O/c19-11-13-5-8-15(9-6-13)21-18-10-7-14(12-20)16-3-1-2-4-17(16)18/h1-10H. The fourth-order valence-corrected chi connectivity index (χ4v) is 2.18. The van der Waals surface area contributed by atoms with Crippen molar-refractivity contribution in [2.75, 3.05) is 0 Å². The molecule has 3 heteroatoms. The maximum absolute atomic E-state index is 9.15. The van der Waals surface area contributed by atoms with E-state index >= 15 is 0 Å². The van der Waals surface area contributed by atoms with Crippen molar-refractivity contribution in [3.8, 4) is 23.6 Å². The van der Waals surface area contributed by atoms with Gasteiger partial charge < -0.3 is 4.74 Å². The maximum atomic E-state index is 9.15. The lowest BCUT2D eigenvalue weighted by atomic mass is 10.0. The first-order chi connectivity index (χ1) is 10.3. The lowest BCUT2D eigenvalue weighted by molar-refractivity contribution is 0.488. The molecule has 3 aromatic carbocycles. The van der Waals surface area contributed by atoms with Gasteiger partial charge in [-0.1, -0.05) is 24.3 Å². The third-order valence-electron chi connectivity index (χ3n) is 3.22. The summed E-state index contributed by atoms with van der Waals surface area (Å²) in [5, 5.41) is 19.7. The van der Waals surface area contributed by atoms with Crippen molar-refractivity contribution < 1.29 is 4.74 Å². The van der Waals surface area contributed by atoms with Gasteiger partial charge in [-0.2, -0.15) is 10.5 Å². The zero-order valence-corrected chi connectivity index (χ0v) is 11.1.